The number of aromatic nitrogens is 2. The van der Waals surface area contributed by atoms with Crippen molar-refractivity contribution < 1.29 is 14.3 Å². The minimum Gasteiger partial charge on any atom is -0.453 e. The molecule has 0 saturated carbocycles. The Labute approximate surface area is 162 Å². The Morgan fingerprint density at radius 2 is 1.85 bits per heavy atom. The van der Waals surface area contributed by atoms with Crippen molar-refractivity contribution in [1.29, 1.82) is 0 Å². The van der Waals surface area contributed by atoms with Crippen LogP contribution in [0.25, 0.3) is 0 Å². The monoisotopic (exact) mass is 386 g/mol. The van der Waals surface area contributed by atoms with Crippen molar-refractivity contribution in [1.82, 2.24) is 14.9 Å². The third-order valence-electron chi connectivity index (χ3n) is 4.26. The minimum atomic E-state index is -0.491. The molecular weight excluding hydrogens is 364 g/mol. The standard InChI is InChI=1S/C19H22N4O3S/c1-12-11-13(2)21-18(20-12)27-15-8-6-14(7-9-15)22-17(24)16-5-4-10-23(16)19(25)26-3/h6-9,11,16H,4-5,10H2,1-3H3,(H,22,24). The van der Waals surface area contributed by atoms with E-state index in [2.05, 4.69) is 15.3 Å². The first-order valence-electron chi connectivity index (χ1n) is 8.72. The van der Waals surface area contributed by atoms with Gasteiger partial charge in [0.15, 0.2) is 5.16 Å². The summed E-state index contributed by atoms with van der Waals surface area (Å²) in [5.41, 5.74) is 2.55. The van der Waals surface area contributed by atoms with Gasteiger partial charge in [0.1, 0.15) is 6.04 Å². The summed E-state index contributed by atoms with van der Waals surface area (Å²) in [5.74, 6) is -0.198. The molecule has 1 fully saturated rings. The summed E-state index contributed by atoms with van der Waals surface area (Å²) >= 11 is 1.47. The fraction of sp³-hybridized carbons (Fsp3) is 0.368. The second-order valence-electron chi connectivity index (χ2n) is 6.37. The summed E-state index contributed by atoms with van der Waals surface area (Å²) in [6.07, 6.45) is 0.963. The molecule has 142 valence electrons. The van der Waals surface area contributed by atoms with E-state index in [-0.39, 0.29) is 5.91 Å². The summed E-state index contributed by atoms with van der Waals surface area (Å²) < 4.78 is 4.75. The molecule has 7 nitrogen and oxygen atoms in total. The van der Waals surface area contributed by atoms with Crippen LogP contribution < -0.4 is 5.32 Å². The molecule has 0 radical (unpaired) electrons. The molecule has 1 atom stereocenters. The number of benzene rings is 1. The maximum Gasteiger partial charge on any atom is 0.410 e. The molecule has 27 heavy (non-hydrogen) atoms. The van der Waals surface area contributed by atoms with Gasteiger partial charge in [0, 0.05) is 28.5 Å². The number of anilines is 1. The van der Waals surface area contributed by atoms with Gasteiger partial charge in [-0.05, 0) is 68.8 Å². The lowest BCUT2D eigenvalue weighted by Crippen LogP contribution is -2.43. The van der Waals surface area contributed by atoms with Crippen LogP contribution in [0.5, 0.6) is 0 Å². The Hall–Kier alpha value is -2.61. The van der Waals surface area contributed by atoms with Crippen molar-refractivity contribution in [3.8, 4) is 0 Å². The van der Waals surface area contributed by atoms with Gasteiger partial charge in [-0.25, -0.2) is 14.8 Å². The maximum atomic E-state index is 12.5. The van der Waals surface area contributed by atoms with Gasteiger partial charge in [0.2, 0.25) is 5.91 Å². The van der Waals surface area contributed by atoms with Crippen molar-refractivity contribution >= 4 is 29.4 Å². The van der Waals surface area contributed by atoms with E-state index in [1.807, 2.05) is 44.2 Å². The van der Waals surface area contributed by atoms with Gasteiger partial charge in [-0.3, -0.25) is 9.69 Å². The number of amides is 2. The summed E-state index contributed by atoms with van der Waals surface area (Å²) in [7, 11) is 1.32. The number of methoxy groups -OCH3 is 1. The molecule has 3 rings (SSSR count). The zero-order chi connectivity index (χ0) is 19.4. The number of nitrogens with one attached hydrogen (secondary N) is 1. The number of ether oxygens (including phenoxy) is 1. The van der Waals surface area contributed by atoms with E-state index < -0.39 is 12.1 Å². The number of hydrogen-bond acceptors (Lipinski definition) is 6. The lowest BCUT2D eigenvalue weighted by molar-refractivity contribution is -0.119. The molecule has 1 saturated heterocycles. The molecule has 1 N–H and O–H groups in total. The summed E-state index contributed by atoms with van der Waals surface area (Å²) in [6.45, 7) is 4.42. The van der Waals surface area contributed by atoms with Crippen LogP contribution in [-0.2, 0) is 9.53 Å². The SMILES string of the molecule is COC(=O)N1CCCC1C(=O)Nc1ccc(Sc2nc(C)cc(C)n2)cc1. The Morgan fingerprint density at radius 3 is 2.48 bits per heavy atom. The van der Waals surface area contributed by atoms with Gasteiger partial charge in [0.05, 0.1) is 7.11 Å². The third-order valence-corrected chi connectivity index (χ3v) is 5.13. The van der Waals surface area contributed by atoms with Gasteiger partial charge in [-0.15, -0.1) is 0 Å². The highest BCUT2D eigenvalue weighted by Gasteiger charge is 2.34. The Balaban J connectivity index is 1.63. The molecule has 1 aliphatic rings. The lowest BCUT2D eigenvalue weighted by Gasteiger charge is -2.22. The quantitative estimate of drug-likeness (QED) is 0.811. The second-order valence-corrected chi connectivity index (χ2v) is 7.41. The van der Waals surface area contributed by atoms with E-state index in [1.54, 1.807) is 0 Å². The van der Waals surface area contributed by atoms with E-state index in [0.717, 1.165) is 22.7 Å². The molecular formula is C19H22N4O3S. The Kier molecular flexibility index (Phi) is 5.95. The van der Waals surface area contributed by atoms with Gasteiger partial charge in [-0.1, -0.05) is 0 Å². The van der Waals surface area contributed by atoms with Crippen LogP contribution in [0.4, 0.5) is 10.5 Å². The normalized spacial score (nSPS) is 16.3. The van der Waals surface area contributed by atoms with Crippen LogP contribution in [0.2, 0.25) is 0 Å². The molecule has 1 unspecified atom stereocenters. The van der Waals surface area contributed by atoms with Crippen LogP contribution in [0.3, 0.4) is 0 Å². The topological polar surface area (TPSA) is 84.4 Å². The van der Waals surface area contributed by atoms with Crippen molar-refractivity contribution in [2.45, 2.75) is 42.8 Å². The molecule has 1 aromatic heterocycles. The highest BCUT2D eigenvalue weighted by molar-refractivity contribution is 7.99. The number of likely N-dealkylation sites (tertiary alicyclic amines) is 1. The molecule has 8 heteroatoms. The zero-order valence-corrected chi connectivity index (χ0v) is 16.4. The molecule has 0 bridgehead atoms. The van der Waals surface area contributed by atoms with Crippen molar-refractivity contribution in [3.05, 3.63) is 41.7 Å². The predicted molar refractivity (Wildman–Crippen MR) is 103 cm³/mol. The Morgan fingerprint density at radius 1 is 1.19 bits per heavy atom. The number of hydrogen-bond donors (Lipinski definition) is 1. The van der Waals surface area contributed by atoms with Crippen LogP contribution in [-0.4, -0.2) is 46.6 Å². The number of nitrogens with zero attached hydrogens (tertiary/aromatic N) is 3. The van der Waals surface area contributed by atoms with Gasteiger partial charge in [-0.2, -0.15) is 0 Å². The third kappa shape index (κ3) is 4.77. The van der Waals surface area contributed by atoms with E-state index in [0.29, 0.717) is 23.8 Å². The van der Waals surface area contributed by atoms with Gasteiger partial charge >= 0.3 is 6.09 Å². The van der Waals surface area contributed by atoms with E-state index in [1.165, 1.54) is 23.8 Å². The molecule has 1 aromatic carbocycles. The van der Waals surface area contributed by atoms with Crippen molar-refractivity contribution in [2.24, 2.45) is 0 Å². The van der Waals surface area contributed by atoms with Crippen LogP contribution in [0.1, 0.15) is 24.2 Å². The largest absolute Gasteiger partial charge is 0.453 e. The van der Waals surface area contributed by atoms with E-state index in [9.17, 15) is 9.59 Å². The first-order valence-corrected chi connectivity index (χ1v) is 9.53. The highest BCUT2D eigenvalue weighted by Crippen LogP contribution is 2.27. The average molecular weight is 386 g/mol. The average Bonchev–Trinajstić information content (AvgIpc) is 3.12. The molecule has 1 aliphatic heterocycles. The van der Waals surface area contributed by atoms with Crippen LogP contribution in [0.15, 0.2) is 40.4 Å². The first kappa shape index (κ1) is 19.2. The molecule has 0 spiro atoms. The lowest BCUT2D eigenvalue weighted by atomic mass is 10.2. The predicted octanol–water partition coefficient (Wildman–Crippen LogP) is 3.41. The molecule has 2 heterocycles. The summed E-state index contributed by atoms with van der Waals surface area (Å²) in [4.78, 5) is 35.6. The van der Waals surface area contributed by atoms with Crippen molar-refractivity contribution in [2.75, 3.05) is 19.0 Å². The van der Waals surface area contributed by atoms with Gasteiger partial charge < -0.3 is 10.1 Å². The van der Waals surface area contributed by atoms with Gasteiger partial charge in [0.25, 0.3) is 0 Å². The summed E-state index contributed by atoms with van der Waals surface area (Å²) in [6, 6.07) is 8.93. The minimum absolute atomic E-state index is 0.198. The fourth-order valence-corrected chi connectivity index (χ4v) is 3.91. The number of aryl methyl sites for hydroxylation is 2. The molecule has 2 amide bonds. The number of carbonyl (C=O) groups excluding carboxylic acids is 2. The fourth-order valence-electron chi connectivity index (χ4n) is 3.05. The van der Waals surface area contributed by atoms with Crippen LogP contribution >= 0.6 is 11.8 Å². The number of carbonyl (C=O) groups is 2. The number of rotatable bonds is 4. The van der Waals surface area contributed by atoms with Crippen LogP contribution in [0, 0.1) is 13.8 Å². The molecule has 2 aromatic rings. The summed E-state index contributed by atoms with van der Waals surface area (Å²) in [5, 5.41) is 3.57. The zero-order valence-electron chi connectivity index (χ0n) is 15.6. The first-order chi connectivity index (χ1) is 13.0. The molecule has 0 aliphatic carbocycles. The van der Waals surface area contributed by atoms with Crippen molar-refractivity contribution in [3.63, 3.8) is 0 Å². The Bertz CT molecular complexity index is 821. The second kappa shape index (κ2) is 8.39. The van der Waals surface area contributed by atoms with E-state index in [4.69, 9.17) is 4.74 Å². The maximum absolute atomic E-state index is 12.5. The highest BCUT2D eigenvalue weighted by atomic mass is 32.2. The van der Waals surface area contributed by atoms with E-state index >= 15 is 0 Å². The smallest absolute Gasteiger partial charge is 0.410 e.